The minimum Gasteiger partial charge on any atom is -0.497 e. The molecule has 1 unspecified atom stereocenters. The van der Waals surface area contributed by atoms with Crippen molar-refractivity contribution < 1.29 is 17.9 Å². The van der Waals surface area contributed by atoms with Gasteiger partial charge in [-0.3, -0.25) is 0 Å². The van der Waals surface area contributed by atoms with Crippen LogP contribution in [0.5, 0.6) is 5.75 Å². The molecule has 2 aromatic rings. The molecule has 6 heteroatoms. The minimum atomic E-state index is -1.34. The van der Waals surface area contributed by atoms with Gasteiger partial charge in [0.15, 0.2) is 17.5 Å². The maximum absolute atomic E-state index is 13.5. The number of nitrogens with zero attached hydrogens (tertiary/aromatic N) is 1. The molecule has 0 aliphatic rings. The smallest absolute Gasteiger partial charge is 0.251 e. The van der Waals surface area contributed by atoms with Crippen molar-refractivity contribution in [2.24, 2.45) is 0 Å². The first-order valence-electron chi connectivity index (χ1n) is 5.93. The van der Waals surface area contributed by atoms with Gasteiger partial charge in [-0.1, -0.05) is 12.1 Å². The second kappa shape index (κ2) is 5.81. The fourth-order valence-electron chi connectivity index (χ4n) is 1.73. The van der Waals surface area contributed by atoms with E-state index in [9.17, 15) is 13.2 Å². The largest absolute Gasteiger partial charge is 0.497 e. The highest BCUT2D eigenvalue weighted by Gasteiger charge is 2.14. The number of hydrogen-bond donors (Lipinski definition) is 1. The molecule has 1 aromatic carbocycles. The summed E-state index contributed by atoms with van der Waals surface area (Å²) in [5.41, 5.74) is 0.830. The molecule has 0 bridgehead atoms. The monoisotopic (exact) mass is 282 g/mol. The van der Waals surface area contributed by atoms with Crippen LogP contribution in [0, 0.1) is 17.6 Å². The van der Waals surface area contributed by atoms with Crippen LogP contribution < -0.4 is 10.1 Å². The van der Waals surface area contributed by atoms with Gasteiger partial charge in [-0.2, -0.15) is 9.37 Å². The molecule has 0 saturated carbocycles. The van der Waals surface area contributed by atoms with Crippen LogP contribution in [0.15, 0.2) is 30.3 Å². The normalized spacial score (nSPS) is 12.1. The van der Waals surface area contributed by atoms with Crippen molar-refractivity contribution in [1.82, 2.24) is 4.98 Å². The lowest BCUT2D eigenvalue weighted by Crippen LogP contribution is -2.11. The number of hydrogen-bond acceptors (Lipinski definition) is 3. The fraction of sp³-hybridized carbons (Fsp3) is 0.214. The second-order valence-corrected chi connectivity index (χ2v) is 4.23. The average molecular weight is 282 g/mol. The van der Waals surface area contributed by atoms with E-state index in [2.05, 4.69) is 10.3 Å². The molecule has 2 rings (SSSR count). The Labute approximate surface area is 114 Å². The molecule has 1 atom stereocenters. The summed E-state index contributed by atoms with van der Waals surface area (Å²) in [6.45, 7) is 1.75. The van der Waals surface area contributed by atoms with Gasteiger partial charge in [0.05, 0.1) is 13.2 Å². The van der Waals surface area contributed by atoms with Gasteiger partial charge in [0, 0.05) is 6.07 Å². The van der Waals surface area contributed by atoms with Crippen LogP contribution in [-0.2, 0) is 0 Å². The summed E-state index contributed by atoms with van der Waals surface area (Å²) < 4.78 is 44.3. The second-order valence-electron chi connectivity index (χ2n) is 4.23. The van der Waals surface area contributed by atoms with Crippen molar-refractivity contribution in [2.45, 2.75) is 13.0 Å². The van der Waals surface area contributed by atoms with Crippen LogP contribution in [0.1, 0.15) is 18.5 Å². The van der Waals surface area contributed by atoms with Crippen molar-refractivity contribution in [3.63, 3.8) is 0 Å². The zero-order valence-corrected chi connectivity index (χ0v) is 11.0. The first-order valence-corrected chi connectivity index (χ1v) is 5.93. The number of pyridine rings is 1. The molecular weight excluding hydrogens is 269 g/mol. The molecule has 1 N–H and O–H groups in total. The maximum Gasteiger partial charge on any atom is 0.251 e. The third kappa shape index (κ3) is 3.01. The SMILES string of the molecule is COc1ccc(C(C)Nc2nc(F)c(F)cc2F)cc1. The van der Waals surface area contributed by atoms with Crippen LogP contribution in [0.25, 0.3) is 0 Å². The first-order chi connectivity index (χ1) is 9.51. The van der Waals surface area contributed by atoms with E-state index < -0.39 is 17.6 Å². The lowest BCUT2D eigenvalue weighted by Gasteiger charge is -2.16. The average Bonchev–Trinajstić information content (AvgIpc) is 2.44. The standard InChI is InChI=1S/C14H13F3N2O/c1-8(9-3-5-10(20-2)6-4-9)18-14-12(16)7-11(15)13(17)19-14/h3-8H,1-2H3,(H,18,19). The Morgan fingerprint density at radius 1 is 1.10 bits per heavy atom. The van der Waals surface area contributed by atoms with E-state index in [0.717, 1.165) is 5.56 Å². The number of methoxy groups -OCH3 is 1. The van der Waals surface area contributed by atoms with Gasteiger partial charge in [-0.05, 0) is 24.6 Å². The Hall–Kier alpha value is -2.24. The van der Waals surface area contributed by atoms with Crippen molar-refractivity contribution in [3.05, 3.63) is 53.5 Å². The number of benzene rings is 1. The highest BCUT2D eigenvalue weighted by atomic mass is 19.2. The molecule has 3 nitrogen and oxygen atoms in total. The highest BCUT2D eigenvalue weighted by molar-refractivity contribution is 5.40. The van der Waals surface area contributed by atoms with Crippen LogP contribution in [0.2, 0.25) is 0 Å². The number of aromatic nitrogens is 1. The molecule has 0 fully saturated rings. The van der Waals surface area contributed by atoms with Gasteiger partial charge in [0.25, 0.3) is 5.95 Å². The van der Waals surface area contributed by atoms with Crippen molar-refractivity contribution >= 4 is 5.82 Å². The molecule has 0 aliphatic carbocycles. The van der Waals surface area contributed by atoms with E-state index in [0.29, 0.717) is 11.8 Å². The Morgan fingerprint density at radius 3 is 2.35 bits per heavy atom. The molecule has 0 spiro atoms. The van der Waals surface area contributed by atoms with Crippen LogP contribution in [0.4, 0.5) is 19.0 Å². The molecular formula is C14H13F3N2O. The molecule has 1 heterocycles. The van der Waals surface area contributed by atoms with Gasteiger partial charge in [-0.25, -0.2) is 8.78 Å². The van der Waals surface area contributed by atoms with Crippen molar-refractivity contribution in [2.75, 3.05) is 12.4 Å². The Balaban J connectivity index is 2.18. The van der Waals surface area contributed by atoms with E-state index in [1.807, 2.05) is 0 Å². The summed E-state index contributed by atoms with van der Waals surface area (Å²) >= 11 is 0. The third-order valence-electron chi connectivity index (χ3n) is 2.86. The lowest BCUT2D eigenvalue weighted by molar-refractivity contribution is 0.414. The summed E-state index contributed by atoms with van der Waals surface area (Å²) in [6, 6.07) is 7.21. The zero-order valence-electron chi connectivity index (χ0n) is 11.0. The Bertz CT molecular complexity index is 602. The Kier molecular flexibility index (Phi) is 4.12. The van der Waals surface area contributed by atoms with Gasteiger partial charge in [0.2, 0.25) is 0 Å². The van der Waals surface area contributed by atoms with E-state index in [1.165, 1.54) is 0 Å². The molecule has 20 heavy (non-hydrogen) atoms. The first kappa shape index (κ1) is 14.2. The number of ether oxygens (including phenoxy) is 1. The summed E-state index contributed by atoms with van der Waals surface area (Å²) in [5, 5.41) is 2.70. The summed E-state index contributed by atoms with van der Waals surface area (Å²) in [6.07, 6.45) is 0. The highest BCUT2D eigenvalue weighted by Crippen LogP contribution is 2.23. The van der Waals surface area contributed by atoms with Crippen molar-refractivity contribution in [1.29, 1.82) is 0 Å². The van der Waals surface area contributed by atoms with Crippen LogP contribution in [-0.4, -0.2) is 12.1 Å². The molecule has 0 amide bonds. The van der Waals surface area contributed by atoms with Gasteiger partial charge >= 0.3 is 0 Å². The van der Waals surface area contributed by atoms with Gasteiger partial charge < -0.3 is 10.1 Å². The molecule has 106 valence electrons. The maximum atomic E-state index is 13.5. The lowest BCUT2D eigenvalue weighted by atomic mass is 10.1. The summed E-state index contributed by atoms with van der Waals surface area (Å²) in [7, 11) is 1.55. The van der Waals surface area contributed by atoms with Gasteiger partial charge in [-0.15, -0.1) is 0 Å². The number of nitrogens with one attached hydrogen (secondary N) is 1. The molecule has 0 aliphatic heterocycles. The molecule has 0 saturated heterocycles. The summed E-state index contributed by atoms with van der Waals surface area (Å²) in [4.78, 5) is 3.22. The Morgan fingerprint density at radius 2 is 1.75 bits per heavy atom. The number of halogens is 3. The fourth-order valence-corrected chi connectivity index (χ4v) is 1.73. The predicted molar refractivity (Wildman–Crippen MR) is 69.1 cm³/mol. The quantitative estimate of drug-likeness (QED) is 0.869. The molecule has 0 radical (unpaired) electrons. The third-order valence-corrected chi connectivity index (χ3v) is 2.86. The number of rotatable bonds is 4. The van der Waals surface area contributed by atoms with Crippen LogP contribution in [0.3, 0.4) is 0 Å². The van der Waals surface area contributed by atoms with Crippen LogP contribution >= 0.6 is 0 Å². The van der Waals surface area contributed by atoms with Crippen molar-refractivity contribution in [3.8, 4) is 5.75 Å². The van der Waals surface area contributed by atoms with Gasteiger partial charge in [0.1, 0.15) is 5.75 Å². The van der Waals surface area contributed by atoms with E-state index in [1.54, 1.807) is 38.3 Å². The molecule has 1 aromatic heterocycles. The minimum absolute atomic E-state index is 0.326. The van der Waals surface area contributed by atoms with E-state index >= 15 is 0 Å². The number of anilines is 1. The summed E-state index contributed by atoms with van der Waals surface area (Å²) in [5.74, 6) is -3.23. The zero-order chi connectivity index (χ0) is 14.7. The van der Waals surface area contributed by atoms with E-state index in [4.69, 9.17) is 4.74 Å². The van der Waals surface area contributed by atoms with E-state index in [-0.39, 0.29) is 11.9 Å². The predicted octanol–water partition coefficient (Wildman–Crippen LogP) is 3.68. The topological polar surface area (TPSA) is 34.1 Å².